The largest absolute Gasteiger partial charge is 0.493 e. The van der Waals surface area contributed by atoms with Crippen LogP contribution in [0.4, 0.5) is 0 Å². The van der Waals surface area contributed by atoms with Crippen LogP contribution in [-0.4, -0.2) is 19.7 Å². The molecular formula is C15H22O3. The van der Waals surface area contributed by atoms with Crippen LogP contribution in [0.2, 0.25) is 0 Å². The zero-order chi connectivity index (χ0) is 13.4. The summed E-state index contributed by atoms with van der Waals surface area (Å²) in [6.07, 6.45) is 2.54. The summed E-state index contributed by atoms with van der Waals surface area (Å²) in [6.45, 7) is 5.07. The summed E-state index contributed by atoms with van der Waals surface area (Å²) in [5, 5.41) is 0. The fraction of sp³-hybridized carbons (Fsp3) is 0.533. The number of ether oxygens (including phenoxy) is 2. The monoisotopic (exact) mass is 250 g/mol. The standard InChI is InChI=1S/C15H22O3/c1-4-12(5-2)11-18-14-8-6-7-13(9-14)10-15(16)17-3/h6-9,12H,4-5,10-11H2,1-3H3. The van der Waals surface area contributed by atoms with Gasteiger partial charge >= 0.3 is 5.97 Å². The topological polar surface area (TPSA) is 35.5 Å². The van der Waals surface area contributed by atoms with Crippen LogP contribution in [0.25, 0.3) is 0 Å². The number of benzene rings is 1. The van der Waals surface area contributed by atoms with Crippen LogP contribution in [-0.2, 0) is 16.0 Å². The molecule has 3 nitrogen and oxygen atoms in total. The lowest BCUT2D eigenvalue weighted by molar-refractivity contribution is -0.139. The van der Waals surface area contributed by atoms with E-state index in [1.54, 1.807) is 0 Å². The predicted molar refractivity (Wildman–Crippen MR) is 71.7 cm³/mol. The Morgan fingerprint density at radius 2 is 2.00 bits per heavy atom. The zero-order valence-corrected chi connectivity index (χ0v) is 11.4. The van der Waals surface area contributed by atoms with Crippen molar-refractivity contribution in [2.75, 3.05) is 13.7 Å². The van der Waals surface area contributed by atoms with Gasteiger partial charge in [0.05, 0.1) is 20.1 Å². The van der Waals surface area contributed by atoms with E-state index in [1.807, 2.05) is 24.3 Å². The highest BCUT2D eigenvalue weighted by Crippen LogP contribution is 2.16. The van der Waals surface area contributed by atoms with Gasteiger partial charge in [0.25, 0.3) is 0 Å². The Hall–Kier alpha value is -1.51. The van der Waals surface area contributed by atoms with Crippen LogP contribution in [0.3, 0.4) is 0 Å². The molecule has 3 heteroatoms. The van der Waals surface area contributed by atoms with Crippen molar-refractivity contribution in [3.63, 3.8) is 0 Å². The van der Waals surface area contributed by atoms with Crippen molar-refractivity contribution in [2.45, 2.75) is 33.1 Å². The maximum Gasteiger partial charge on any atom is 0.309 e. The van der Waals surface area contributed by atoms with Crippen LogP contribution in [0.1, 0.15) is 32.3 Å². The van der Waals surface area contributed by atoms with E-state index in [1.165, 1.54) is 7.11 Å². The molecule has 100 valence electrons. The minimum Gasteiger partial charge on any atom is -0.493 e. The molecule has 1 aromatic rings. The summed E-state index contributed by atoms with van der Waals surface area (Å²) in [5.41, 5.74) is 0.920. The lowest BCUT2D eigenvalue weighted by Gasteiger charge is -2.14. The summed E-state index contributed by atoms with van der Waals surface area (Å²) < 4.78 is 10.4. The average molecular weight is 250 g/mol. The first kappa shape index (κ1) is 14.6. The molecule has 0 saturated heterocycles. The van der Waals surface area contributed by atoms with Crippen LogP contribution >= 0.6 is 0 Å². The minimum absolute atomic E-state index is 0.229. The smallest absolute Gasteiger partial charge is 0.309 e. The second-order valence-electron chi connectivity index (χ2n) is 4.39. The highest BCUT2D eigenvalue weighted by molar-refractivity contribution is 5.72. The van der Waals surface area contributed by atoms with Crippen LogP contribution < -0.4 is 4.74 Å². The first-order valence-corrected chi connectivity index (χ1v) is 6.48. The molecule has 0 radical (unpaired) electrons. The van der Waals surface area contributed by atoms with Crippen molar-refractivity contribution in [1.29, 1.82) is 0 Å². The fourth-order valence-electron chi connectivity index (χ4n) is 1.72. The van der Waals surface area contributed by atoms with Gasteiger partial charge in [-0.15, -0.1) is 0 Å². The molecule has 0 aliphatic heterocycles. The second-order valence-corrected chi connectivity index (χ2v) is 4.39. The summed E-state index contributed by atoms with van der Waals surface area (Å²) >= 11 is 0. The Bertz CT molecular complexity index is 370. The van der Waals surface area contributed by atoms with Gasteiger partial charge in [-0.1, -0.05) is 38.8 Å². The van der Waals surface area contributed by atoms with Gasteiger partial charge in [0.2, 0.25) is 0 Å². The SMILES string of the molecule is CCC(CC)COc1cccc(CC(=O)OC)c1. The summed E-state index contributed by atoms with van der Waals surface area (Å²) in [4.78, 5) is 11.2. The molecule has 0 fully saturated rings. The number of methoxy groups -OCH3 is 1. The number of carbonyl (C=O) groups excluding carboxylic acids is 1. The first-order chi connectivity index (χ1) is 8.69. The van der Waals surface area contributed by atoms with Gasteiger partial charge in [-0.2, -0.15) is 0 Å². The van der Waals surface area contributed by atoms with Gasteiger partial charge < -0.3 is 9.47 Å². The van der Waals surface area contributed by atoms with Gasteiger partial charge in [-0.3, -0.25) is 4.79 Å². The third-order valence-electron chi connectivity index (χ3n) is 3.11. The van der Waals surface area contributed by atoms with Gasteiger partial charge in [-0.05, 0) is 23.6 Å². The van der Waals surface area contributed by atoms with Gasteiger partial charge in [0.1, 0.15) is 5.75 Å². The van der Waals surface area contributed by atoms with E-state index in [2.05, 4.69) is 18.6 Å². The quantitative estimate of drug-likeness (QED) is 0.697. The van der Waals surface area contributed by atoms with E-state index >= 15 is 0 Å². The molecule has 0 aliphatic carbocycles. The Labute approximate surface area is 109 Å². The van der Waals surface area contributed by atoms with Crippen molar-refractivity contribution in [1.82, 2.24) is 0 Å². The fourth-order valence-corrected chi connectivity index (χ4v) is 1.72. The van der Waals surface area contributed by atoms with Crippen LogP contribution in [0.15, 0.2) is 24.3 Å². The molecular weight excluding hydrogens is 228 g/mol. The first-order valence-electron chi connectivity index (χ1n) is 6.48. The molecule has 18 heavy (non-hydrogen) atoms. The lowest BCUT2D eigenvalue weighted by atomic mass is 10.1. The number of rotatable bonds is 7. The van der Waals surface area contributed by atoms with Crippen molar-refractivity contribution < 1.29 is 14.3 Å². The molecule has 0 unspecified atom stereocenters. The van der Waals surface area contributed by atoms with E-state index < -0.39 is 0 Å². The highest BCUT2D eigenvalue weighted by atomic mass is 16.5. The molecule has 0 heterocycles. The van der Waals surface area contributed by atoms with Gasteiger partial charge in [0, 0.05) is 0 Å². The zero-order valence-electron chi connectivity index (χ0n) is 11.4. The van der Waals surface area contributed by atoms with E-state index in [0.29, 0.717) is 12.3 Å². The van der Waals surface area contributed by atoms with Crippen molar-refractivity contribution in [3.05, 3.63) is 29.8 Å². The van der Waals surface area contributed by atoms with Crippen molar-refractivity contribution in [2.24, 2.45) is 5.92 Å². The normalized spacial score (nSPS) is 10.4. The Morgan fingerprint density at radius 3 is 2.61 bits per heavy atom. The van der Waals surface area contributed by atoms with Gasteiger partial charge in [-0.25, -0.2) is 0 Å². The number of carbonyl (C=O) groups is 1. The molecule has 0 amide bonds. The molecule has 0 N–H and O–H groups in total. The molecule has 0 aliphatic rings. The molecule has 1 rings (SSSR count). The Morgan fingerprint density at radius 1 is 1.28 bits per heavy atom. The summed E-state index contributed by atoms with van der Waals surface area (Å²) in [6, 6.07) is 7.63. The number of hydrogen-bond donors (Lipinski definition) is 0. The Balaban J connectivity index is 2.56. The number of hydrogen-bond acceptors (Lipinski definition) is 3. The lowest BCUT2D eigenvalue weighted by Crippen LogP contribution is -2.10. The van der Waals surface area contributed by atoms with E-state index in [0.717, 1.165) is 30.8 Å². The van der Waals surface area contributed by atoms with E-state index in [9.17, 15) is 4.79 Å². The van der Waals surface area contributed by atoms with Gasteiger partial charge in [0.15, 0.2) is 0 Å². The summed E-state index contributed by atoms with van der Waals surface area (Å²) in [5.74, 6) is 1.18. The average Bonchev–Trinajstić information content (AvgIpc) is 2.40. The third-order valence-corrected chi connectivity index (χ3v) is 3.11. The van der Waals surface area contributed by atoms with Crippen molar-refractivity contribution >= 4 is 5.97 Å². The highest BCUT2D eigenvalue weighted by Gasteiger charge is 2.06. The molecule has 0 atom stereocenters. The maximum atomic E-state index is 11.2. The third kappa shape index (κ3) is 4.78. The molecule has 0 bridgehead atoms. The minimum atomic E-state index is -0.229. The van der Waals surface area contributed by atoms with Crippen LogP contribution in [0, 0.1) is 5.92 Å². The number of esters is 1. The Kier molecular flexibility index (Phi) is 6.26. The van der Waals surface area contributed by atoms with E-state index in [-0.39, 0.29) is 5.97 Å². The second kappa shape index (κ2) is 7.75. The molecule has 0 spiro atoms. The molecule has 0 saturated carbocycles. The van der Waals surface area contributed by atoms with Crippen LogP contribution in [0.5, 0.6) is 5.75 Å². The summed E-state index contributed by atoms with van der Waals surface area (Å²) in [7, 11) is 1.40. The maximum absolute atomic E-state index is 11.2. The molecule has 1 aromatic carbocycles. The van der Waals surface area contributed by atoms with E-state index in [4.69, 9.17) is 4.74 Å². The molecule has 0 aromatic heterocycles. The van der Waals surface area contributed by atoms with Crippen molar-refractivity contribution in [3.8, 4) is 5.75 Å². The predicted octanol–water partition coefficient (Wildman–Crippen LogP) is 3.22.